The summed E-state index contributed by atoms with van der Waals surface area (Å²) >= 11 is 0. The van der Waals surface area contributed by atoms with Gasteiger partial charge in [-0.15, -0.1) is 0 Å². The van der Waals surface area contributed by atoms with Crippen molar-refractivity contribution in [3.05, 3.63) is 35.9 Å². The summed E-state index contributed by atoms with van der Waals surface area (Å²) in [5.74, 6) is -0.514. The molecule has 0 fully saturated rings. The number of carbonyl (C=O) groups excluding carboxylic acids is 1. The Labute approximate surface area is 145 Å². The average Bonchev–Trinajstić information content (AvgIpc) is 2.50. The van der Waals surface area contributed by atoms with Gasteiger partial charge in [0.25, 0.3) is 0 Å². The number of nitrogens with one attached hydrogen (secondary N) is 1. The number of aliphatic carboxylic acids is 1. The third-order valence-corrected chi connectivity index (χ3v) is 4.00. The minimum Gasteiger partial charge on any atom is -0.481 e. The third-order valence-electron chi connectivity index (χ3n) is 4.00. The van der Waals surface area contributed by atoms with Gasteiger partial charge in [-0.3, -0.25) is 9.59 Å². The summed E-state index contributed by atoms with van der Waals surface area (Å²) < 4.78 is 0. The Morgan fingerprint density at radius 1 is 1.04 bits per heavy atom. The van der Waals surface area contributed by atoms with Crippen LogP contribution in [-0.4, -0.2) is 23.0 Å². The molecule has 0 bridgehead atoms. The lowest BCUT2D eigenvalue weighted by Gasteiger charge is -2.18. The number of amides is 1. The fourth-order valence-electron chi connectivity index (χ4n) is 2.89. The zero-order chi connectivity index (χ0) is 17.8. The molecule has 0 radical (unpaired) electrons. The molecule has 0 aliphatic heterocycles. The maximum Gasteiger partial charge on any atom is 0.305 e. The number of unbranched alkanes of at least 4 members (excludes halogenated alkanes) is 3. The van der Waals surface area contributed by atoms with Gasteiger partial charge in [-0.2, -0.15) is 0 Å². The van der Waals surface area contributed by atoms with Crippen LogP contribution < -0.4 is 5.32 Å². The first kappa shape index (κ1) is 20.2. The summed E-state index contributed by atoms with van der Waals surface area (Å²) in [6.45, 7) is 4.07. The van der Waals surface area contributed by atoms with Crippen LogP contribution in [0.3, 0.4) is 0 Å². The van der Waals surface area contributed by atoms with E-state index in [0.717, 1.165) is 32.1 Å². The Morgan fingerprint density at radius 3 is 2.33 bits per heavy atom. The number of carboxylic acids is 1. The monoisotopic (exact) mass is 333 g/mol. The molecule has 0 aromatic heterocycles. The lowest BCUT2D eigenvalue weighted by molar-refractivity contribution is -0.137. The van der Waals surface area contributed by atoms with Crippen molar-refractivity contribution in [2.75, 3.05) is 0 Å². The molecule has 1 aromatic carbocycles. The highest BCUT2D eigenvalue weighted by molar-refractivity contribution is 5.77. The molecule has 2 N–H and O–H groups in total. The van der Waals surface area contributed by atoms with Crippen LogP contribution in [0, 0.1) is 5.92 Å². The van der Waals surface area contributed by atoms with Gasteiger partial charge in [0, 0.05) is 12.5 Å². The molecule has 0 saturated heterocycles. The van der Waals surface area contributed by atoms with Crippen LogP contribution in [0.4, 0.5) is 0 Å². The fraction of sp³-hybridized carbons (Fsp3) is 0.600. The smallest absolute Gasteiger partial charge is 0.305 e. The summed E-state index contributed by atoms with van der Waals surface area (Å²) in [7, 11) is 0. The maximum absolute atomic E-state index is 12.0. The predicted octanol–water partition coefficient (Wildman–Crippen LogP) is 4.19. The second kappa shape index (κ2) is 11.7. The number of hydrogen-bond acceptors (Lipinski definition) is 2. The van der Waals surface area contributed by atoms with Gasteiger partial charge in [0.05, 0.1) is 6.42 Å². The van der Waals surface area contributed by atoms with Crippen molar-refractivity contribution in [1.29, 1.82) is 0 Å². The van der Waals surface area contributed by atoms with Gasteiger partial charge in [0.2, 0.25) is 5.91 Å². The molecule has 24 heavy (non-hydrogen) atoms. The second-order valence-corrected chi connectivity index (χ2v) is 6.89. The third kappa shape index (κ3) is 10.0. The van der Waals surface area contributed by atoms with Crippen molar-refractivity contribution >= 4 is 11.9 Å². The molecule has 1 atom stereocenters. The number of hydrogen-bond donors (Lipinski definition) is 2. The maximum atomic E-state index is 12.0. The van der Waals surface area contributed by atoms with Gasteiger partial charge >= 0.3 is 5.97 Å². The first-order valence-electron chi connectivity index (χ1n) is 9.02. The molecular formula is C20H31NO3. The van der Waals surface area contributed by atoms with Crippen LogP contribution in [0.2, 0.25) is 0 Å². The molecule has 4 heteroatoms. The second-order valence-electron chi connectivity index (χ2n) is 6.89. The summed E-state index contributed by atoms with van der Waals surface area (Å²) in [5, 5.41) is 11.8. The van der Waals surface area contributed by atoms with Crippen molar-refractivity contribution < 1.29 is 14.7 Å². The van der Waals surface area contributed by atoms with E-state index in [1.807, 2.05) is 19.9 Å². The molecule has 134 valence electrons. The number of aryl methyl sites for hydroxylation is 1. The standard InChI is InChI=1S/C20H31NO3/c1-16(2)14-18(15-20(23)24)21-19(22)13-9-4-3-6-10-17-11-7-5-8-12-17/h5,7-8,11-12,16,18H,3-4,6,9-10,13-15H2,1-2H3,(H,21,22)(H,23,24)/t18-/m1/s1. The summed E-state index contributed by atoms with van der Waals surface area (Å²) in [5.41, 5.74) is 1.36. The van der Waals surface area contributed by atoms with Crippen LogP contribution >= 0.6 is 0 Å². The Bertz CT molecular complexity index is 485. The lowest BCUT2D eigenvalue weighted by Crippen LogP contribution is -2.37. The quantitative estimate of drug-likeness (QED) is 0.564. The minimum atomic E-state index is -0.859. The topological polar surface area (TPSA) is 66.4 Å². The largest absolute Gasteiger partial charge is 0.481 e. The highest BCUT2D eigenvalue weighted by atomic mass is 16.4. The molecule has 0 aliphatic carbocycles. The predicted molar refractivity (Wildman–Crippen MR) is 96.9 cm³/mol. The molecule has 1 aromatic rings. The Balaban J connectivity index is 2.14. The number of carbonyl (C=O) groups is 2. The molecule has 1 rings (SSSR count). The molecular weight excluding hydrogens is 302 g/mol. The first-order chi connectivity index (χ1) is 11.5. The van der Waals surface area contributed by atoms with E-state index in [9.17, 15) is 9.59 Å². The number of carboxylic acid groups (broad SMARTS) is 1. The van der Waals surface area contributed by atoms with Gasteiger partial charge in [0.1, 0.15) is 0 Å². The summed E-state index contributed by atoms with van der Waals surface area (Å²) in [4.78, 5) is 22.8. The Hall–Kier alpha value is -1.84. The van der Waals surface area contributed by atoms with Gasteiger partial charge in [-0.1, -0.05) is 57.0 Å². The molecule has 4 nitrogen and oxygen atoms in total. The molecule has 1 amide bonds. The van der Waals surface area contributed by atoms with E-state index in [1.165, 1.54) is 5.56 Å². The van der Waals surface area contributed by atoms with Crippen LogP contribution in [0.25, 0.3) is 0 Å². The van der Waals surface area contributed by atoms with E-state index >= 15 is 0 Å². The molecule has 0 unspecified atom stereocenters. The molecule has 0 saturated carbocycles. The SMILES string of the molecule is CC(C)C[C@H](CC(=O)O)NC(=O)CCCCCCc1ccccc1. The lowest BCUT2D eigenvalue weighted by atomic mass is 10.0. The molecule has 0 heterocycles. The van der Waals surface area contributed by atoms with Gasteiger partial charge in [-0.05, 0) is 37.2 Å². The van der Waals surface area contributed by atoms with Crippen LogP contribution in [0.5, 0.6) is 0 Å². The van der Waals surface area contributed by atoms with Crippen molar-refractivity contribution in [2.24, 2.45) is 5.92 Å². The van der Waals surface area contributed by atoms with E-state index < -0.39 is 5.97 Å². The van der Waals surface area contributed by atoms with Crippen molar-refractivity contribution in [2.45, 2.75) is 71.3 Å². The first-order valence-corrected chi connectivity index (χ1v) is 9.02. The summed E-state index contributed by atoms with van der Waals surface area (Å²) in [6, 6.07) is 10.2. The van der Waals surface area contributed by atoms with Crippen molar-refractivity contribution in [3.63, 3.8) is 0 Å². The Morgan fingerprint density at radius 2 is 1.71 bits per heavy atom. The van der Waals surface area contributed by atoms with E-state index in [0.29, 0.717) is 18.8 Å². The fourth-order valence-corrected chi connectivity index (χ4v) is 2.89. The van der Waals surface area contributed by atoms with Crippen LogP contribution in [-0.2, 0) is 16.0 Å². The van der Waals surface area contributed by atoms with Crippen molar-refractivity contribution in [3.8, 4) is 0 Å². The number of rotatable bonds is 12. The van der Waals surface area contributed by atoms with E-state index in [1.54, 1.807) is 0 Å². The van der Waals surface area contributed by atoms with E-state index in [-0.39, 0.29) is 18.4 Å². The number of benzene rings is 1. The van der Waals surface area contributed by atoms with E-state index in [2.05, 4.69) is 29.6 Å². The van der Waals surface area contributed by atoms with Crippen LogP contribution in [0.1, 0.15) is 64.4 Å². The van der Waals surface area contributed by atoms with E-state index in [4.69, 9.17) is 5.11 Å². The molecule has 0 spiro atoms. The zero-order valence-corrected chi connectivity index (χ0v) is 15.0. The van der Waals surface area contributed by atoms with Gasteiger partial charge < -0.3 is 10.4 Å². The van der Waals surface area contributed by atoms with Gasteiger partial charge in [-0.25, -0.2) is 0 Å². The highest BCUT2D eigenvalue weighted by Gasteiger charge is 2.17. The molecule has 0 aliphatic rings. The minimum absolute atomic E-state index is 0.000988. The van der Waals surface area contributed by atoms with Gasteiger partial charge in [0.15, 0.2) is 0 Å². The highest BCUT2D eigenvalue weighted by Crippen LogP contribution is 2.11. The summed E-state index contributed by atoms with van der Waals surface area (Å²) in [6.07, 6.45) is 6.43. The Kier molecular flexibility index (Phi) is 9.81. The van der Waals surface area contributed by atoms with Crippen LogP contribution in [0.15, 0.2) is 30.3 Å². The van der Waals surface area contributed by atoms with Crippen molar-refractivity contribution in [1.82, 2.24) is 5.32 Å². The average molecular weight is 333 g/mol. The zero-order valence-electron chi connectivity index (χ0n) is 15.0. The normalized spacial score (nSPS) is 12.1.